The summed E-state index contributed by atoms with van der Waals surface area (Å²) >= 11 is 0. The van der Waals surface area contributed by atoms with Crippen LogP contribution in [0.1, 0.15) is 42.5 Å². The molecule has 148 valence electrons. The van der Waals surface area contributed by atoms with E-state index < -0.39 is 0 Å². The lowest BCUT2D eigenvalue weighted by Gasteiger charge is -2.33. The molecule has 2 aliphatic rings. The molecule has 0 unspecified atom stereocenters. The number of anilines is 1. The molecule has 29 heavy (non-hydrogen) atoms. The van der Waals surface area contributed by atoms with E-state index in [1.165, 1.54) is 11.1 Å². The lowest BCUT2D eigenvalue weighted by atomic mass is 10.00. The molecule has 3 aromatic rings. The van der Waals surface area contributed by atoms with Gasteiger partial charge in [0.25, 0.3) is 0 Å². The third-order valence-corrected chi connectivity index (χ3v) is 5.76. The topological polar surface area (TPSA) is 55.5 Å². The van der Waals surface area contributed by atoms with E-state index >= 15 is 0 Å². The van der Waals surface area contributed by atoms with Crippen molar-refractivity contribution in [2.75, 3.05) is 24.6 Å². The zero-order valence-electron chi connectivity index (χ0n) is 16.7. The van der Waals surface area contributed by atoms with Crippen LogP contribution < -0.4 is 9.64 Å². The molecule has 1 fully saturated rings. The average Bonchev–Trinajstić information content (AvgIpc) is 3.44. The summed E-state index contributed by atoms with van der Waals surface area (Å²) in [6.07, 6.45) is 7.97. The van der Waals surface area contributed by atoms with Crippen LogP contribution in [0, 0.1) is 0 Å². The molecule has 0 amide bonds. The first-order valence-electron chi connectivity index (χ1n) is 10.3. The highest BCUT2D eigenvalue weighted by Crippen LogP contribution is 2.29. The van der Waals surface area contributed by atoms with Crippen LogP contribution in [0.2, 0.25) is 0 Å². The van der Waals surface area contributed by atoms with Gasteiger partial charge in [-0.15, -0.1) is 0 Å². The molecule has 1 saturated heterocycles. The quantitative estimate of drug-likeness (QED) is 0.667. The number of fused-ring (bicyclic) bond motifs is 1. The lowest BCUT2D eigenvalue weighted by molar-refractivity contribution is 0.340. The van der Waals surface area contributed by atoms with E-state index in [9.17, 15) is 0 Å². The van der Waals surface area contributed by atoms with Gasteiger partial charge in [-0.1, -0.05) is 6.07 Å². The number of pyridine rings is 1. The molecule has 5 rings (SSSR count). The van der Waals surface area contributed by atoms with E-state index in [-0.39, 0.29) is 0 Å². The fourth-order valence-corrected chi connectivity index (χ4v) is 4.26. The second-order valence-corrected chi connectivity index (χ2v) is 7.52. The van der Waals surface area contributed by atoms with Crippen LogP contribution >= 0.6 is 0 Å². The Bertz CT molecular complexity index is 1020. The van der Waals surface area contributed by atoms with Crippen LogP contribution in [-0.4, -0.2) is 40.2 Å². The molecule has 0 radical (unpaired) electrons. The molecule has 0 bridgehead atoms. The summed E-state index contributed by atoms with van der Waals surface area (Å²) in [6.45, 7) is 5.37. The van der Waals surface area contributed by atoms with Gasteiger partial charge in [0, 0.05) is 42.8 Å². The van der Waals surface area contributed by atoms with Gasteiger partial charge in [0.2, 0.25) is 0 Å². The Hall–Kier alpha value is -3.15. The van der Waals surface area contributed by atoms with Crippen molar-refractivity contribution in [1.29, 1.82) is 0 Å². The van der Waals surface area contributed by atoms with Crippen LogP contribution in [0.25, 0.3) is 0 Å². The minimum atomic E-state index is 0.479. The van der Waals surface area contributed by atoms with Crippen LogP contribution in [0.5, 0.6) is 5.75 Å². The van der Waals surface area contributed by atoms with E-state index in [0.29, 0.717) is 12.6 Å². The SMILES string of the molecule is CCOc1ccc2c(c1)C(c1ccnc(N3CCC(n4cccn4)CC3)c1)=NC2. The van der Waals surface area contributed by atoms with Crippen molar-refractivity contribution in [3.63, 3.8) is 0 Å². The highest BCUT2D eigenvalue weighted by atomic mass is 16.5. The van der Waals surface area contributed by atoms with Gasteiger partial charge in [0.15, 0.2) is 0 Å². The lowest BCUT2D eigenvalue weighted by Crippen LogP contribution is -2.35. The maximum Gasteiger partial charge on any atom is 0.129 e. The summed E-state index contributed by atoms with van der Waals surface area (Å²) in [5.41, 5.74) is 4.58. The molecule has 6 heteroatoms. The normalized spacial score (nSPS) is 16.6. The van der Waals surface area contributed by atoms with E-state index in [0.717, 1.165) is 55.3 Å². The molecule has 4 heterocycles. The Kier molecular flexibility index (Phi) is 4.76. The van der Waals surface area contributed by atoms with Gasteiger partial charge in [-0.2, -0.15) is 5.10 Å². The smallest absolute Gasteiger partial charge is 0.129 e. The molecular weight excluding hydrogens is 362 g/mol. The van der Waals surface area contributed by atoms with Crippen molar-refractivity contribution >= 4 is 11.5 Å². The van der Waals surface area contributed by atoms with Gasteiger partial charge in [-0.05, 0) is 55.7 Å². The van der Waals surface area contributed by atoms with Crippen molar-refractivity contribution in [2.45, 2.75) is 32.4 Å². The minimum Gasteiger partial charge on any atom is -0.494 e. The first-order chi connectivity index (χ1) is 14.3. The number of nitrogens with zero attached hydrogens (tertiary/aromatic N) is 5. The Morgan fingerprint density at radius 3 is 2.79 bits per heavy atom. The van der Waals surface area contributed by atoms with Crippen LogP contribution in [-0.2, 0) is 6.54 Å². The number of ether oxygens (including phenoxy) is 1. The maximum absolute atomic E-state index is 5.69. The van der Waals surface area contributed by atoms with E-state index in [4.69, 9.17) is 9.73 Å². The largest absolute Gasteiger partial charge is 0.494 e. The average molecular weight is 387 g/mol. The summed E-state index contributed by atoms with van der Waals surface area (Å²) in [5, 5.41) is 4.40. The number of aliphatic imine (C=N–C) groups is 1. The Labute approximate surface area is 170 Å². The molecule has 2 aliphatic heterocycles. The zero-order valence-corrected chi connectivity index (χ0v) is 16.7. The number of rotatable bonds is 5. The first kappa shape index (κ1) is 17.9. The van der Waals surface area contributed by atoms with Gasteiger partial charge in [0.1, 0.15) is 11.6 Å². The van der Waals surface area contributed by atoms with E-state index in [2.05, 4.69) is 50.1 Å². The minimum absolute atomic E-state index is 0.479. The van der Waals surface area contributed by atoms with E-state index in [1.807, 2.05) is 31.5 Å². The zero-order chi connectivity index (χ0) is 19.6. The molecule has 1 aromatic carbocycles. The van der Waals surface area contributed by atoms with Crippen LogP contribution in [0.3, 0.4) is 0 Å². The standard InChI is InChI=1S/C23H25N5O/c1-2-29-20-5-4-18-16-25-23(21(18)15-20)17-6-10-24-22(14-17)27-12-7-19(8-13-27)28-11-3-9-26-28/h3-6,9-11,14-15,19H,2,7-8,12-13,16H2,1H3. The molecule has 0 spiro atoms. The van der Waals surface area contributed by atoms with Crippen molar-refractivity contribution in [2.24, 2.45) is 4.99 Å². The second-order valence-electron chi connectivity index (χ2n) is 7.52. The van der Waals surface area contributed by atoms with E-state index in [1.54, 1.807) is 0 Å². The van der Waals surface area contributed by atoms with Crippen molar-refractivity contribution < 1.29 is 4.74 Å². The Balaban J connectivity index is 1.35. The molecule has 6 nitrogen and oxygen atoms in total. The fourth-order valence-electron chi connectivity index (χ4n) is 4.26. The summed E-state index contributed by atoms with van der Waals surface area (Å²) in [4.78, 5) is 11.8. The molecule has 2 aromatic heterocycles. The van der Waals surface area contributed by atoms with Crippen molar-refractivity contribution in [3.05, 3.63) is 71.7 Å². The summed E-state index contributed by atoms with van der Waals surface area (Å²) < 4.78 is 7.78. The van der Waals surface area contributed by atoms with Crippen molar-refractivity contribution in [3.8, 4) is 5.75 Å². The monoisotopic (exact) mass is 387 g/mol. The number of aromatic nitrogens is 3. The van der Waals surface area contributed by atoms with Gasteiger partial charge >= 0.3 is 0 Å². The molecule has 0 aliphatic carbocycles. The first-order valence-corrected chi connectivity index (χ1v) is 10.3. The maximum atomic E-state index is 5.69. The molecule has 0 N–H and O–H groups in total. The molecule has 0 atom stereocenters. The van der Waals surface area contributed by atoms with Gasteiger partial charge < -0.3 is 9.64 Å². The number of benzene rings is 1. The van der Waals surface area contributed by atoms with Crippen LogP contribution in [0.15, 0.2) is 60.0 Å². The summed E-state index contributed by atoms with van der Waals surface area (Å²) in [6, 6.07) is 13.0. The van der Waals surface area contributed by atoms with Crippen LogP contribution in [0.4, 0.5) is 5.82 Å². The highest BCUT2D eigenvalue weighted by molar-refractivity contribution is 6.15. The number of hydrogen-bond acceptors (Lipinski definition) is 5. The third-order valence-electron chi connectivity index (χ3n) is 5.76. The number of piperidine rings is 1. The predicted molar refractivity (Wildman–Crippen MR) is 114 cm³/mol. The summed E-state index contributed by atoms with van der Waals surface area (Å²) in [7, 11) is 0. The third kappa shape index (κ3) is 3.50. The van der Waals surface area contributed by atoms with Gasteiger partial charge in [0.05, 0.1) is 24.9 Å². The fraction of sp³-hybridized carbons (Fsp3) is 0.348. The Morgan fingerprint density at radius 1 is 1.10 bits per heavy atom. The molecular formula is C23H25N5O. The van der Waals surface area contributed by atoms with Gasteiger partial charge in [-0.25, -0.2) is 4.98 Å². The van der Waals surface area contributed by atoms with Gasteiger partial charge in [-0.3, -0.25) is 9.67 Å². The predicted octanol–water partition coefficient (Wildman–Crippen LogP) is 3.87. The number of hydrogen-bond donors (Lipinski definition) is 0. The molecule has 0 saturated carbocycles. The van der Waals surface area contributed by atoms with Crippen molar-refractivity contribution in [1.82, 2.24) is 14.8 Å². The second kappa shape index (κ2) is 7.70. The highest BCUT2D eigenvalue weighted by Gasteiger charge is 2.23. The Morgan fingerprint density at radius 2 is 2.00 bits per heavy atom. The summed E-state index contributed by atoms with van der Waals surface area (Å²) in [5.74, 6) is 1.93.